The van der Waals surface area contributed by atoms with Crippen LogP contribution in [0.2, 0.25) is 0 Å². The van der Waals surface area contributed by atoms with Crippen LogP contribution in [0.5, 0.6) is 0 Å². The molecule has 2 fully saturated rings. The second kappa shape index (κ2) is 3.89. The number of halogens is 1. The first kappa shape index (κ1) is 10.6. The summed E-state index contributed by atoms with van der Waals surface area (Å²) in [6.45, 7) is 2.26. The molecule has 0 N–H and O–H groups in total. The molecular formula is C13H19Br. The molecule has 0 aromatic rings. The molecular weight excluding hydrogens is 236 g/mol. The van der Waals surface area contributed by atoms with Gasteiger partial charge in [0, 0.05) is 10.2 Å². The number of fused-ring (bicyclic) bond motifs is 2. The summed E-state index contributed by atoms with van der Waals surface area (Å²) in [7, 11) is 0. The minimum Gasteiger partial charge on any atom is -0.120 e. The molecule has 78 valence electrons. The second-order valence-corrected chi connectivity index (χ2v) is 6.57. The lowest BCUT2D eigenvalue weighted by atomic mass is 9.56. The van der Waals surface area contributed by atoms with Crippen molar-refractivity contribution in [3.8, 4) is 12.3 Å². The molecule has 0 radical (unpaired) electrons. The van der Waals surface area contributed by atoms with Crippen LogP contribution in [-0.4, -0.2) is 4.83 Å². The van der Waals surface area contributed by atoms with Crippen LogP contribution in [0.15, 0.2) is 0 Å². The van der Waals surface area contributed by atoms with Crippen molar-refractivity contribution in [2.75, 3.05) is 0 Å². The fraction of sp³-hybridized carbons (Fsp3) is 0.846. The molecule has 2 rings (SSSR count). The highest BCUT2D eigenvalue weighted by Crippen LogP contribution is 2.53. The van der Waals surface area contributed by atoms with Crippen LogP contribution < -0.4 is 0 Å². The van der Waals surface area contributed by atoms with E-state index >= 15 is 0 Å². The van der Waals surface area contributed by atoms with E-state index in [1.807, 2.05) is 0 Å². The van der Waals surface area contributed by atoms with Gasteiger partial charge in [0.2, 0.25) is 0 Å². The van der Waals surface area contributed by atoms with Crippen molar-refractivity contribution in [2.45, 2.75) is 50.3 Å². The zero-order chi connectivity index (χ0) is 10.2. The summed E-state index contributed by atoms with van der Waals surface area (Å²) in [6.07, 6.45) is 13.9. The molecule has 2 bridgehead atoms. The van der Waals surface area contributed by atoms with Gasteiger partial charge >= 0.3 is 0 Å². The zero-order valence-electron chi connectivity index (χ0n) is 8.93. The minimum atomic E-state index is 0.240. The number of alkyl halides is 1. The van der Waals surface area contributed by atoms with Crippen LogP contribution in [0.3, 0.4) is 0 Å². The molecule has 0 saturated heterocycles. The van der Waals surface area contributed by atoms with E-state index in [4.69, 9.17) is 6.42 Å². The van der Waals surface area contributed by atoms with Crippen molar-refractivity contribution in [3.63, 3.8) is 0 Å². The molecule has 1 heteroatoms. The summed E-state index contributed by atoms with van der Waals surface area (Å²) in [5.74, 6) is 4.79. The summed E-state index contributed by atoms with van der Waals surface area (Å²) in [4.78, 5) is 0.581. The Hall–Kier alpha value is 0.0400. The molecule has 0 aliphatic heterocycles. The van der Waals surface area contributed by atoms with E-state index in [0.717, 1.165) is 5.92 Å². The van der Waals surface area contributed by atoms with Crippen LogP contribution in [-0.2, 0) is 0 Å². The average molecular weight is 255 g/mol. The van der Waals surface area contributed by atoms with Crippen LogP contribution >= 0.6 is 15.9 Å². The van der Waals surface area contributed by atoms with Gasteiger partial charge in [-0.25, -0.2) is 0 Å². The number of hydrogen-bond acceptors (Lipinski definition) is 0. The first-order valence-electron chi connectivity index (χ1n) is 5.80. The Labute approximate surface area is 96.0 Å². The largest absolute Gasteiger partial charge is 0.120 e. The summed E-state index contributed by atoms with van der Waals surface area (Å²) in [6, 6.07) is 0. The Kier molecular flexibility index (Phi) is 2.93. The monoisotopic (exact) mass is 254 g/mol. The molecule has 0 spiro atoms. The van der Waals surface area contributed by atoms with E-state index in [-0.39, 0.29) is 5.41 Å². The summed E-state index contributed by atoms with van der Waals surface area (Å²) < 4.78 is 0. The van der Waals surface area contributed by atoms with E-state index in [2.05, 4.69) is 28.8 Å². The van der Waals surface area contributed by atoms with Crippen molar-refractivity contribution in [2.24, 2.45) is 17.3 Å². The Bertz CT molecular complexity index is 250. The van der Waals surface area contributed by atoms with E-state index in [1.54, 1.807) is 0 Å². The van der Waals surface area contributed by atoms with E-state index in [0.29, 0.717) is 10.7 Å². The van der Waals surface area contributed by atoms with Gasteiger partial charge in [0.1, 0.15) is 0 Å². The summed E-state index contributed by atoms with van der Waals surface area (Å²) in [5.41, 5.74) is 0.240. The average Bonchev–Trinajstić information content (AvgIpc) is 2.17. The van der Waals surface area contributed by atoms with Crippen molar-refractivity contribution in [3.05, 3.63) is 0 Å². The van der Waals surface area contributed by atoms with Gasteiger partial charge in [0.05, 0.1) is 0 Å². The Balaban J connectivity index is 2.23. The maximum atomic E-state index is 5.80. The van der Waals surface area contributed by atoms with Gasteiger partial charge < -0.3 is 0 Å². The third-order valence-electron chi connectivity index (χ3n) is 4.33. The first-order chi connectivity index (χ1) is 6.68. The van der Waals surface area contributed by atoms with Gasteiger partial charge in [-0.2, -0.15) is 0 Å². The summed E-state index contributed by atoms with van der Waals surface area (Å²) in [5, 5.41) is 0. The van der Waals surface area contributed by atoms with Gasteiger partial charge in [-0.1, -0.05) is 48.0 Å². The molecule has 2 aliphatic rings. The fourth-order valence-electron chi connectivity index (χ4n) is 3.61. The SMILES string of the molecule is C#C[C@@]12CCC[C@@H](CC[C@@H]1C(C)Br)C2. The fourth-order valence-corrected chi connectivity index (χ4v) is 4.38. The molecule has 0 nitrogen and oxygen atoms in total. The smallest absolute Gasteiger partial charge is 0.0353 e. The normalized spacial score (nSPS) is 44.1. The number of terminal acetylenes is 1. The van der Waals surface area contributed by atoms with Gasteiger partial charge in [-0.05, 0) is 31.1 Å². The van der Waals surface area contributed by atoms with Crippen LogP contribution in [0, 0.1) is 29.6 Å². The second-order valence-electron chi connectivity index (χ2n) is 5.12. The third kappa shape index (κ3) is 1.63. The molecule has 14 heavy (non-hydrogen) atoms. The maximum absolute atomic E-state index is 5.80. The number of rotatable bonds is 1. The van der Waals surface area contributed by atoms with Gasteiger partial charge in [-0.3, -0.25) is 0 Å². The highest BCUT2D eigenvalue weighted by Gasteiger charge is 2.46. The molecule has 0 heterocycles. The maximum Gasteiger partial charge on any atom is 0.0353 e. The standard InChI is InChI=1S/C13H19Br/c1-3-13-8-4-5-11(9-13)6-7-12(13)10(2)14/h1,10-12H,4-9H2,2H3/t10?,11-,12+,13-/m0/s1. The minimum absolute atomic E-state index is 0.240. The van der Waals surface area contributed by atoms with E-state index in [9.17, 15) is 0 Å². The third-order valence-corrected chi connectivity index (χ3v) is 4.96. The molecule has 0 aromatic heterocycles. The highest BCUT2D eigenvalue weighted by atomic mass is 79.9. The van der Waals surface area contributed by atoms with Crippen molar-refractivity contribution in [1.82, 2.24) is 0 Å². The van der Waals surface area contributed by atoms with Gasteiger partial charge in [0.15, 0.2) is 0 Å². The molecule has 0 aromatic carbocycles. The Morgan fingerprint density at radius 3 is 2.86 bits per heavy atom. The van der Waals surface area contributed by atoms with Crippen LogP contribution in [0.1, 0.15) is 45.4 Å². The van der Waals surface area contributed by atoms with Gasteiger partial charge in [0.25, 0.3) is 0 Å². The molecule has 2 saturated carbocycles. The molecule has 0 amide bonds. The Morgan fingerprint density at radius 2 is 2.21 bits per heavy atom. The molecule has 2 aliphatic carbocycles. The number of hydrogen-bond donors (Lipinski definition) is 0. The summed E-state index contributed by atoms with van der Waals surface area (Å²) >= 11 is 3.74. The molecule has 1 unspecified atom stereocenters. The first-order valence-corrected chi connectivity index (χ1v) is 6.71. The van der Waals surface area contributed by atoms with Crippen molar-refractivity contribution < 1.29 is 0 Å². The van der Waals surface area contributed by atoms with Crippen LogP contribution in [0.4, 0.5) is 0 Å². The topological polar surface area (TPSA) is 0 Å². The predicted molar refractivity (Wildman–Crippen MR) is 64.3 cm³/mol. The van der Waals surface area contributed by atoms with E-state index in [1.165, 1.54) is 38.5 Å². The van der Waals surface area contributed by atoms with Gasteiger partial charge in [-0.15, -0.1) is 6.42 Å². The predicted octanol–water partition coefficient (Wildman–Crippen LogP) is 3.99. The van der Waals surface area contributed by atoms with Crippen LogP contribution in [0.25, 0.3) is 0 Å². The Morgan fingerprint density at radius 1 is 1.43 bits per heavy atom. The van der Waals surface area contributed by atoms with Crippen molar-refractivity contribution >= 4 is 15.9 Å². The van der Waals surface area contributed by atoms with Crippen molar-refractivity contribution in [1.29, 1.82) is 0 Å². The molecule has 4 atom stereocenters. The lowest BCUT2D eigenvalue weighted by Gasteiger charge is -2.48. The van der Waals surface area contributed by atoms with E-state index < -0.39 is 0 Å². The lowest BCUT2D eigenvalue weighted by molar-refractivity contribution is 0.0656. The quantitative estimate of drug-likeness (QED) is 0.491. The highest BCUT2D eigenvalue weighted by molar-refractivity contribution is 9.09. The zero-order valence-corrected chi connectivity index (χ0v) is 10.5. The lowest BCUT2D eigenvalue weighted by Crippen LogP contribution is -2.42.